The van der Waals surface area contributed by atoms with Gasteiger partial charge in [-0.15, -0.1) is 0 Å². The van der Waals surface area contributed by atoms with Crippen molar-refractivity contribution in [3.05, 3.63) is 53.0 Å². The second-order valence-corrected chi connectivity index (χ2v) is 10.9. The average Bonchev–Trinajstić information content (AvgIpc) is 2.73. The summed E-state index contributed by atoms with van der Waals surface area (Å²) < 4.78 is 0. The van der Waals surface area contributed by atoms with E-state index in [4.69, 9.17) is 0 Å². The highest BCUT2D eigenvalue weighted by atomic mass is 15.1. The van der Waals surface area contributed by atoms with E-state index in [2.05, 4.69) is 51.4 Å². The van der Waals surface area contributed by atoms with Crippen LogP contribution in [-0.2, 0) is 19.5 Å². The minimum absolute atomic E-state index is 0.540. The third-order valence-electron chi connectivity index (χ3n) is 8.41. The fraction of sp³-hybridized carbons (Fsp3) is 0.615. The Hall–Kier alpha value is -1.94. The van der Waals surface area contributed by atoms with Crippen LogP contribution in [0.2, 0.25) is 0 Å². The lowest BCUT2D eigenvalue weighted by Gasteiger charge is -2.57. The summed E-state index contributed by atoms with van der Waals surface area (Å²) in [6, 6.07) is 8.93. The lowest BCUT2D eigenvalue weighted by Crippen LogP contribution is -2.49. The second kappa shape index (κ2) is 7.33. The zero-order valence-electron chi connectivity index (χ0n) is 18.2. The molecule has 4 bridgehead atoms. The van der Waals surface area contributed by atoms with Gasteiger partial charge in [0.25, 0.3) is 0 Å². The Morgan fingerprint density at radius 1 is 1.00 bits per heavy atom. The molecule has 30 heavy (non-hydrogen) atoms. The molecule has 1 aliphatic heterocycles. The fourth-order valence-electron chi connectivity index (χ4n) is 7.43. The molecule has 158 valence electrons. The number of aryl methyl sites for hydroxylation is 1. The molecule has 5 aliphatic rings. The molecule has 7 rings (SSSR count). The zero-order valence-corrected chi connectivity index (χ0v) is 18.2. The first-order valence-corrected chi connectivity index (χ1v) is 12.0. The van der Waals surface area contributed by atoms with Crippen molar-refractivity contribution in [2.24, 2.45) is 23.2 Å². The van der Waals surface area contributed by atoms with Crippen molar-refractivity contribution in [3.8, 4) is 0 Å². The molecule has 1 N–H and O–H groups in total. The molecule has 0 atom stereocenters. The third kappa shape index (κ3) is 3.53. The SMILES string of the molecule is Cc1ccc(CN2CCc3c(ncnc3NCC34CC5CC(CC(C5)C3)C4)C2)cc1. The predicted octanol–water partition coefficient (Wildman–Crippen LogP) is 4.97. The highest BCUT2D eigenvalue weighted by molar-refractivity contribution is 5.47. The van der Waals surface area contributed by atoms with Crippen molar-refractivity contribution in [1.82, 2.24) is 14.9 Å². The van der Waals surface area contributed by atoms with E-state index in [1.54, 1.807) is 6.33 Å². The molecule has 2 heterocycles. The van der Waals surface area contributed by atoms with Gasteiger partial charge in [-0.05, 0) is 80.6 Å². The normalized spacial score (nSPS) is 32.2. The summed E-state index contributed by atoms with van der Waals surface area (Å²) in [4.78, 5) is 11.9. The minimum Gasteiger partial charge on any atom is -0.369 e. The molecular weight excluding hydrogens is 368 g/mol. The largest absolute Gasteiger partial charge is 0.369 e. The molecule has 0 amide bonds. The van der Waals surface area contributed by atoms with Crippen molar-refractivity contribution >= 4 is 5.82 Å². The van der Waals surface area contributed by atoms with Gasteiger partial charge >= 0.3 is 0 Å². The van der Waals surface area contributed by atoms with Crippen LogP contribution in [0.3, 0.4) is 0 Å². The lowest BCUT2D eigenvalue weighted by molar-refractivity contribution is -0.0444. The number of nitrogens with one attached hydrogen (secondary N) is 1. The van der Waals surface area contributed by atoms with Crippen LogP contribution in [0.15, 0.2) is 30.6 Å². The van der Waals surface area contributed by atoms with Gasteiger partial charge in [-0.25, -0.2) is 9.97 Å². The Morgan fingerprint density at radius 2 is 1.70 bits per heavy atom. The van der Waals surface area contributed by atoms with Gasteiger partial charge in [0.15, 0.2) is 0 Å². The maximum Gasteiger partial charge on any atom is 0.132 e. The van der Waals surface area contributed by atoms with Crippen LogP contribution >= 0.6 is 0 Å². The summed E-state index contributed by atoms with van der Waals surface area (Å²) in [6.45, 7) is 6.28. The Kier molecular flexibility index (Phi) is 4.60. The molecule has 4 nitrogen and oxygen atoms in total. The Balaban J connectivity index is 1.14. The van der Waals surface area contributed by atoms with Gasteiger partial charge < -0.3 is 5.32 Å². The first-order valence-electron chi connectivity index (χ1n) is 12.0. The summed E-state index contributed by atoms with van der Waals surface area (Å²) in [5, 5.41) is 3.83. The molecule has 4 heteroatoms. The van der Waals surface area contributed by atoms with Gasteiger partial charge in [-0.3, -0.25) is 4.90 Å². The Bertz CT molecular complexity index is 884. The first-order chi connectivity index (χ1) is 14.6. The van der Waals surface area contributed by atoms with Crippen LogP contribution in [0.5, 0.6) is 0 Å². The second-order valence-electron chi connectivity index (χ2n) is 10.9. The number of aromatic nitrogens is 2. The predicted molar refractivity (Wildman–Crippen MR) is 120 cm³/mol. The molecule has 0 saturated heterocycles. The van der Waals surface area contributed by atoms with E-state index in [0.717, 1.165) is 56.2 Å². The molecule has 0 unspecified atom stereocenters. The van der Waals surface area contributed by atoms with E-state index in [9.17, 15) is 0 Å². The van der Waals surface area contributed by atoms with E-state index in [1.807, 2.05) is 0 Å². The Labute approximate surface area is 180 Å². The summed E-state index contributed by atoms with van der Waals surface area (Å²) in [6.07, 6.45) is 11.7. The van der Waals surface area contributed by atoms with Crippen molar-refractivity contribution in [1.29, 1.82) is 0 Å². The first kappa shape index (κ1) is 18.8. The quantitative estimate of drug-likeness (QED) is 0.766. The highest BCUT2D eigenvalue weighted by Gasteiger charge is 2.50. The van der Waals surface area contributed by atoms with Gasteiger partial charge in [0.1, 0.15) is 12.1 Å². The summed E-state index contributed by atoms with van der Waals surface area (Å²) >= 11 is 0. The highest BCUT2D eigenvalue weighted by Crippen LogP contribution is 2.59. The van der Waals surface area contributed by atoms with E-state index >= 15 is 0 Å². The number of fused-ring (bicyclic) bond motifs is 1. The maximum absolute atomic E-state index is 4.69. The monoisotopic (exact) mass is 402 g/mol. The minimum atomic E-state index is 0.540. The lowest BCUT2D eigenvalue weighted by atomic mass is 9.49. The molecule has 1 aromatic heterocycles. The van der Waals surface area contributed by atoms with Gasteiger partial charge in [0.2, 0.25) is 0 Å². The topological polar surface area (TPSA) is 41.1 Å². The molecule has 4 aliphatic carbocycles. The van der Waals surface area contributed by atoms with Gasteiger partial charge in [0, 0.05) is 31.7 Å². The maximum atomic E-state index is 4.69. The smallest absolute Gasteiger partial charge is 0.132 e. The Morgan fingerprint density at radius 3 is 2.40 bits per heavy atom. The van der Waals surface area contributed by atoms with Crippen molar-refractivity contribution in [3.63, 3.8) is 0 Å². The molecule has 1 aromatic carbocycles. The van der Waals surface area contributed by atoms with E-state index < -0.39 is 0 Å². The van der Waals surface area contributed by atoms with Crippen LogP contribution in [0.1, 0.15) is 60.9 Å². The van der Waals surface area contributed by atoms with Crippen molar-refractivity contribution < 1.29 is 0 Å². The van der Waals surface area contributed by atoms with Crippen LogP contribution in [0.4, 0.5) is 5.82 Å². The van der Waals surface area contributed by atoms with Gasteiger partial charge in [0.05, 0.1) is 5.69 Å². The van der Waals surface area contributed by atoms with Gasteiger partial charge in [-0.1, -0.05) is 29.8 Å². The molecule has 4 saturated carbocycles. The number of hydrogen-bond donors (Lipinski definition) is 1. The number of hydrogen-bond acceptors (Lipinski definition) is 4. The van der Waals surface area contributed by atoms with Crippen LogP contribution in [0, 0.1) is 30.1 Å². The standard InChI is InChI=1S/C26H34N4/c1-18-2-4-19(5-3-18)14-30-7-6-23-24(15-30)28-17-29-25(23)27-16-26-11-20-8-21(12-26)10-22(9-20)13-26/h2-5,17,20-22H,6-16H2,1H3,(H,27,28,29). The number of benzene rings is 1. The van der Waals surface area contributed by atoms with E-state index in [0.29, 0.717) is 5.41 Å². The van der Waals surface area contributed by atoms with Crippen molar-refractivity contribution in [2.75, 3.05) is 18.4 Å². The number of nitrogens with zero attached hydrogens (tertiary/aromatic N) is 3. The van der Waals surface area contributed by atoms with Crippen LogP contribution < -0.4 is 5.32 Å². The molecular formula is C26H34N4. The summed E-state index contributed by atoms with van der Waals surface area (Å²) in [7, 11) is 0. The number of anilines is 1. The molecule has 4 fully saturated rings. The van der Waals surface area contributed by atoms with E-state index in [-0.39, 0.29) is 0 Å². The summed E-state index contributed by atoms with van der Waals surface area (Å²) in [5.74, 6) is 4.14. The number of rotatable bonds is 5. The van der Waals surface area contributed by atoms with Gasteiger partial charge in [-0.2, -0.15) is 0 Å². The average molecular weight is 403 g/mol. The third-order valence-corrected chi connectivity index (χ3v) is 8.41. The van der Waals surface area contributed by atoms with Crippen LogP contribution in [-0.4, -0.2) is 28.0 Å². The fourth-order valence-corrected chi connectivity index (χ4v) is 7.43. The van der Waals surface area contributed by atoms with Crippen molar-refractivity contribution in [2.45, 2.75) is 65.0 Å². The molecule has 2 aromatic rings. The summed E-state index contributed by atoms with van der Waals surface area (Å²) in [5.41, 5.74) is 5.83. The zero-order chi connectivity index (χ0) is 20.1. The van der Waals surface area contributed by atoms with Crippen LogP contribution in [0.25, 0.3) is 0 Å². The van der Waals surface area contributed by atoms with E-state index in [1.165, 1.54) is 60.9 Å². The molecule has 0 spiro atoms. The molecule has 0 radical (unpaired) electrons.